The van der Waals surface area contributed by atoms with Crippen molar-refractivity contribution in [1.29, 1.82) is 0 Å². The predicted octanol–water partition coefficient (Wildman–Crippen LogP) is 2.87. The van der Waals surface area contributed by atoms with Crippen molar-refractivity contribution in [2.24, 2.45) is 0 Å². The monoisotopic (exact) mass is 254 g/mol. The van der Waals surface area contributed by atoms with Crippen LogP contribution in [-0.4, -0.2) is 10.2 Å². The van der Waals surface area contributed by atoms with Crippen LogP contribution in [0.3, 0.4) is 0 Å². The van der Waals surface area contributed by atoms with Gasteiger partial charge < -0.3 is 14.6 Å². The highest BCUT2D eigenvalue weighted by Crippen LogP contribution is 2.34. The van der Waals surface area contributed by atoms with Crippen LogP contribution >= 0.6 is 0 Å². The molecule has 0 saturated carbocycles. The van der Waals surface area contributed by atoms with E-state index in [1.165, 1.54) is 18.2 Å². The fourth-order valence-corrected chi connectivity index (χ4v) is 2.08. The maximum atomic E-state index is 11.6. The second-order valence-electron chi connectivity index (χ2n) is 4.18. The number of fused-ring (bicyclic) bond motifs is 1. The van der Waals surface area contributed by atoms with Crippen LogP contribution in [0.5, 0.6) is 11.5 Å². The minimum atomic E-state index is -0.531. The van der Waals surface area contributed by atoms with Crippen LogP contribution in [0.2, 0.25) is 0 Å². The van der Waals surface area contributed by atoms with Crippen LogP contribution in [0.25, 0.3) is 22.1 Å². The van der Waals surface area contributed by atoms with E-state index in [1.54, 1.807) is 30.3 Å². The highest BCUT2D eigenvalue weighted by molar-refractivity contribution is 5.95. The molecule has 0 spiro atoms. The van der Waals surface area contributed by atoms with Crippen LogP contribution in [0.4, 0.5) is 0 Å². The number of phenolic OH excluding ortho intramolecular Hbond substituents is 2. The van der Waals surface area contributed by atoms with Crippen molar-refractivity contribution in [1.82, 2.24) is 0 Å². The average molecular weight is 254 g/mol. The Hall–Kier alpha value is -2.75. The van der Waals surface area contributed by atoms with Crippen molar-refractivity contribution in [3.05, 3.63) is 59.0 Å². The first kappa shape index (κ1) is 11.3. The smallest absolute Gasteiger partial charge is 0.336 e. The zero-order chi connectivity index (χ0) is 13.4. The Morgan fingerprint density at radius 1 is 0.895 bits per heavy atom. The molecule has 0 saturated heterocycles. The fraction of sp³-hybridized carbons (Fsp3) is 0. The SMILES string of the molecule is O=c1cc(-c2ccccc2O)c2ccc(O)cc2o1. The molecule has 3 aromatic rings. The molecule has 0 aliphatic heterocycles. The van der Waals surface area contributed by atoms with Gasteiger partial charge >= 0.3 is 5.63 Å². The summed E-state index contributed by atoms with van der Waals surface area (Å²) < 4.78 is 5.05. The molecule has 0 atom stereocenters. The summed E-state index contributed by atoms with van der Waals surface area (Å²) in [6.45, 7) is 0. The number of rotatable bonds is 1. The van der Waals surface area contributed by atoms with Crippen LogP contribution in [0.1, 0.15) is 0 Å². The summed E-state index contributed by atoms with van der Waals surface area (Å²) in [4.78, 5) is 11.6. The van der Waals surface area contributed by atoms with Gasteiger partial charge in [-0.1, -0.05) is 18.2 Å². The number of para-hydroxylation sites is 1. The number of benzene rings is 2. The lowest BCUT2D eigenvalue weighted by Crippen LogP contribution is -1.98. The molecule has 2 aromatic carbocycles. The number of aromatic hydroxyl groups is 2. The minimum Gasteiger partial charge on any atom is -0.508 e. The van der Waals surface area contributed by atoms with Crippen molar-refractivity contribution in [3.63, 3.8) is 0 Å². The van der Waals surface area contributed by atoms with Gasteiger partial charge in [0.05, 0.1) is 0 Å². The van der Waals surface area contributed by atoms with E-state index in [1.807, 2.05) is 0 Å². The van der Waals surface area contributed by atoms with E-state index in [9.17, 15) is 15.0 Å². The largest absolute Gasteiger partial charge is 0.508 e. The van der Waals surface area contributed by atoms with E-state index >= 15 is 0 Å². The Bertz CT molecular complexity index is 818. The Morgan fingerprint density at radius 3 is 2.47 bits per heavy atom. The molecule has 4 nitrogen and oxygen atoms in total. The molecule has 0 bridgehead atoms. The topological polar surface area (TPSA) is 70.7 Å². The number of hydrogen-bond donors (Lipinski definition) is 2. The van der Waals surface area contributed by atoms with Crippen molar-refractivity contribution in [2.75, 3.05) is 0 Å². The van der Waals surface area contributed by atoms with Gasteiger partial charge in [0.1, 0.15) is 17.1 Å². The molecule has 0 unspecified atom stereocenters. The summed E-state index contributed by atoms with van der Waals surface area (Å²) in [5.74, 6) is 0.104. The first-order valence-corrected chi connectivity index (χ1v) is 5.70. The van der Waals surface area contributed by atoms with Gasteiger partial charge in [0.15, 0.2) is 0 Å². The third-order valence-electron chi connectivity index (χ3n) is 2.92. The quantitative estimate of drug-likeness (QED) is 0.655. The summed E-state index contributed by atoms with van der Waals surface area (Å²) in [7, 11) is 0. The molecule has 2 N–H and O–H groups in total. The molecule has 1 heterocycles. The lowest BCUT2D eigenvalue weighted by molar-refractivity contribution is 0.473. The normalized spacial score (nSPS) is 10.7. The molecular formula is C15H10O4. The Labute approximate surface area is 108 Å². The third kappa shape index (κ3) is 1.93. The standard InChI is InChI=1S/C15H10O4/c16-9-5-6-11-12(8-15(18)19-14(11)7-9)10-3-1-2-4-13(10)17/h1-8,16-17H. The second-order valence-corrected chi connectivity index (χ2v) is 4.18. The molecule has 4 heteroatoms. The van der Waals surface area contributed by atoms with E-state index in [4.69, 9.17) is 4.42 Å². The van der Waals surface area contributed by atoms with E-state index in [0.29, 0.717) is 16.5 Å². The minimum absolute atomic E-state index is 0.0186. The van der Waals surface area contributed by atoms with Gasteiger partial charge in [0.25, 0.3) is 0 Å². The molecule has 1 aromatic heterocycles. The van der Waals surface area contributed by atoms with Crippen LogP contribution in [0.15, 0.2) is 57.7 Å². The molecule has 0 aliphatic carbocycles. The lowest BCUT2D eigenvalue weighted by atomic mass is 10.0. The van der Waals surface area contributed by atoms with Gasteiger partial charge in [-0.3, -0.25) is 0 Å². The lowest BCUT2D eigenvalue weighted by Gasteiger charge is -2.07. The summed E-state index contributed by atoms with van der Waals surface area (Å²) >= 11 is 0. The van der Waals surface area contributed by atoms with Crippen molar-refractivity contribution >= 4 is 11.0 Å². The third-order valence-corrected chi connectivity index (χ3v) is 2.92. The maximum Gasteiger partial charge on any atom is 0.336 e. The summed E-state index contributed by atoms with van der Waals surface area (Å²) in [5.41, 5.74) is 0.873. The second kappa shape index (κ2) is 4.17. The van der Waals surface area contributed by atoms with E-state index in [2.05, 4.69) is 0 Å². The van der Waals surface area contributed by atoms with Crippen molar-refractivity contribution in [3.8, 4) is 22.6 Å². The van der Waals surface area contributed by atoms with E-state index < -0.39 is 5.63 Å². The zero-order valence-corrected chi connectivity index (χ0v) is 9.83. The molecule has 0 radical (unpaired) electrons. The highest BCUT2D eigenvalue weighted by Gasteiger charge is 2.11. The summed E-state index contributed by atoms with van der Waals surface area (Å²) in [6.07, 6.45) is 0. The Morgan fingerprint density at radius 2 is 1.68 bits per heavy atom. The molecule has 3 rings (SSSR count). The summed E-state index contributed by atoms with van der Waals surface area (Å²) in [6, 6.07) is 12.6. The van der Waals surface area contributed by atoms with Crippen LogP contribution in [0, 0.1) is 0 Å². The highest BCUT2D eigenvalue weighted by atomic mass is 16.4. The first-order valence-electron chi connectivity index (χ1n) is 5.70. The number of phenols is 2. The molecule has 0 amide bonds. The predicted molar refractivity (Wildman–Crippen MR) is 71.2 cm³/mol. The van der Waals surface area contributed by atoms with Crippen LogP contribution < -0.4 is 5.63 Å². The maximum absolute atomic E-state index is 11.6. The molecule has 19 heavy (non-hydrogen) atoms. The zero-order valence-electron chi connectivity index (χ0n) is 9.83. The first-order chi connectivity index (χ1) is 9.15. The van der Waals surface area contributed by atoms with Crippen molar-refractivity contribution in [2.45, 2.75) is 0 Å². The average Bonchev–Trinajstić information content (AvgIpc) is 2.38. The van der Waals surface area contributed by atoms with Gasteiger partial charge in [0.2, 0.25) is 0 Å². The van der Waals surface area contributed by atoms with Crippen molar-refractivity contribution < 1.29 is 14.6 Å². The van der Waals surface area contributed by atoms with Gasteiger partial charge in [-0.15, -0.1) is 0 Å². The Balaban J connectivity index is 2.41. The molecule has 0 aliphatic rings. The van der Waals surface area contributed by atoms with E-state index in [0.717, 1.165) is 0 Å². The molecule has 0 fully saturated rings. The van der Waals surface area contributed by atoms with Gasteiger partial charge in [-0.05, 0) is 18.2 Å². The summed E-state index contributed by atoms with van der Waals surface area (Å²) in [5, 5.41) is 20.0. The Kier molecular flexibility index (Phi) is 2.49. The van der Waals surface area contributed by atoms with Gasteiger partial charge in [0, 0.05) is 28.6 Å². The van der Waals surface area contributed by atoms with Gasteiger partial charge in [-0.2, -0.15) is 0 Å². The van der Waals surface area contributed by atoms with Gasteiger partial charge in [-0.25, -0.2) is 4.79 Å². The molecular weight excluding hydrogens is 244 g/mol. The fourth-order valence-electron chi connectivity index (χ4n) is 2.08. The van der Waals surface area contributed by atoms with E-state index in [-0.39, 0.29) is 17.1 Å². The number of hydrogen-bond acceptors (Lipinski definition) is 4. The molecule has 94 valence electrons. The van der Waals surface area contributed by atoms with Crippen LogP contribution in [-0.2, 0) is 0 Å².